The van der Waals surface area contributed by atoms with Crippen molar-refractivity contribution in [1.82, 2.24) is 10.2 Å². The Hall–Kier alpha value is -2.54. The van der Waals surface area contributed by atoms with Crippen LogP contribution in [-0.4, -0.2) is 72.0 Å². The number of benzene rings is 2. The second kappa shape index (κ2) is 13.0. The number of hydrogen-bond acceptors (Lipinski definition) is 6. The van der Waals surface area contributed by atoms with Crippen molar-refractivity contribution in [2.75, 3.05) is 26.9 Å². The second-order valence-corrected chi connectivity index (χ2v) is 9.19. The zero-order valence-electron chi connectivity index (χ0n) is 19.2. The summed E-state index contributed by atoms with van der Waals surface area (Å²) in [5, 5.41) is 23.0. The molecule has 0 spiro atoms. The molecule has 0 bridgehead atoms. The Labute approximate surface area is 216 Å². The molecule has 0 saturated heterocycles. The quantitative estimate of drug-likeness (QED) is 0.362. The Bertz CT molecular complexity index is 1050. The van der Waals surface area contributed by atoms with Crippen molar-refractivity contribution in [1.29, 1.82) is 0 Å². The lowest BCUT2D eigenvalue weighted by Gasteiger charge is -2.40. The van der Waals surface area contributed by atoms with Crippen LogP contribution < -0.4 is 10.1 Å². The number of carbonyl (C=O) groups excluding carboxylic acids is 2. The second-order valence-electron chi connectivity index (χ2n) is 8.03. The maximum Gasteiger partial charge on any atom is 0.249 e. The molecule has 0 unspecified atom stereocenters. The van der Waals surface area contributed by atoms with Gasteiger partial charge in [0.2, 0.25) is 11.8 Å². The molecule has 2 aromatic carbocycles. The first kappa shape index (κ1) is 27.1. The van der Waals surface area contributed by atoms with Gasteiger partial charge in [0.25, 0.3) is 0 Å². The number of nitrogens with zero attached hydrogens (tertiary/aromatic N) is 1. The van der Waals surface area contributed by atoms with E-state index in [2.05, 4.69) is 27.9 Å². The lowest BCUT2D eigenvalue weighted by molar-refractivity contribution is -0.143. The van der Waals surface area contributed by atoms with Crippen LogP contribution in [-0.2, 0) is 20.9 Å². The maximum atomic E-state index is 13.4. The van der Waals surface area contributed by atoms with E-state index in [1.807, 2.05) is 12.1 Å². The number of amides is 2. The van der Waals surface area contributed by atoms with Crippen molar-refractivity contribution in [3.05, 3.63) is 75.1 Å². The average Bonchev–Trinajstić information content (AvgIpc) is 2.85. The zero-order chi connectivity index (χ0) is 25.4. The normalized spacial score (nSPS) is 19.6. The summed E-state index contributed by atoms with van der Waals surface area (Å²) in [4.78, 5) is 27.3. The Morgan fingerprint density at radius 2 is 1.91 bits per heavy atom. The lowest BCUT2D eigenvalue weighted by Crippen LogP contribution is -2.55. The molecule has 0 heterocycles. The fourth-order valence-corrected chi connectivity index (χ4v) is 4.36. The number of carbonyl (C=O) groups is 2. The predicted molar refractivity (Wildman–Crippen MR) is 135 cm³/mol. The Morgan fingerprint density at radius 3 is 2.57 bits per heavy atom. The maximum absolute atomic E-state index is 13.4. The van der Waals surface area contributed by atoms with Crippen molar-refractivity contribution in [3.63, 3.8) is 0 Å². The number of aliphatic hydroxyl groups is 2. The van der Waals surface area contributed by atoms with E-state index in [1.54, 1.807) is 30.3 Å². The van der Waals surface area contributed by atoms with Crippen molar-refractivity contribution in [2.45, 2.75) is 31.2 Å². The van der Waals surface area contributed by atoms with Gasteiger partial charge in [-0.05, 0) is 58.5 Å². The summed E-state index contributed by atoms with van der Waals surface area (Å²) >= 11 is 2.11. The standard InChI is InChI=1S/C25H28FIN2O6/c1-34-15-23(31)29(14-16-6-8-18(26)9-7-16)20-12-17(25(33)28-10-11-30)13-22(24(20)32)35-21-5-3-2-4-19(21)27/h2-9,13,20,22,24,30,32H,10-12,14-15H2,1H3,(H,28,33)/t20-,22+,24+/m1/s1. The van der Waals surface area contributed by atoms with Gasteiger partial charge in [0, 0.05) is 32.2 Å². The molecule has 0 saturated carbocycles. The zero-order valence-corrected chi connectivity index (χ0v) is 21.4. The van der Waals surface area contributed by atoms with Crippen LogP contribution in [0.3, 0.4) is 0 Å². The largest absolute Gasteiger partial charge is 0.482 e. The van der Waals surface area contributed by atoms with E-state index in [0.717, 1.165) is 3.57 Å². The molecule has 3 atom stereocenters. The summed E-state index contributed by atoms with van der Waals surface area (Å²) in [6.07, 6.45) is -0.485. The third-order valence-corrected chi connectivity index (χ3v) is 6.46. The number of methoxy groups -OCH3 is 1. The van der Waals surface area contributed by atoms with Gasteiger partial charge in [-0.15, -0.1) is 0 Å². The van der Waals surface area contributed by atoms with Gasteiger partial charge in [0.1, 0.15) is 30.4 Å². The third kappa shape index (κ3) is 7.23. The van der Waals surface area contributed by atoms with E-state index >= 15 is 0 Å². The van der Waals surface area contributed by atoms with Crippen LogP contribution in [0, 0.1) is 9.39 Å². The minimum Gasteiger partial charge on any atom is -0.482 e. The third-order valence-electron chi connectivity index (χ3n) is 5.57. The summed E-state index contributed by atoms with van der Waals surface area (Å²) in [7, 11) is 1.39. The molecule has 2 amide bonds. The summed E-state index contributed by atoms with van der Waals surface area (Å²) in [5.74, 6) is -0.699. The highest BCUT2D eigenvalue weighted by Crippen LogP contribution is 2.30. The first-order valence-electron chi connectivity index (χ1n) is 11.1. The van der Waals surface area contributed by atoms with Crippen LogP contribution in [0.2, 0.25) is 0 Å². The number of rotatable bonds is 10. The molecule has 3 N–H and O–H groups in total. The van der Waals surface area contributed by atoms with Crippen molar-refractivity contribution in [2.24, 2.45) is 0 Å². The molecule has 0 aromatic heterocycles. The van der Waals surface area contributed by atoms with E-state index in [0.29, 0.717) is 16.9 Å². The van der Waals surface area contributed by atoms with E-state index in [1.165, 1.54) is 24.1 Å². The summed E-state index contributed by atoms with van der Waals surface area (Å²) in [6.45, 7) is -0.322. The smallest absolute Gasteiger partial charge is 0.249 e. The molecule has 188 valence electrons. The van der Waals surface area contributed by atoms with Gasteiger partial charge in [-0.1, -0.05) is 24.3 Å². The van der Waals surface area contributed by atoms with Gasteiger partial charge in [-0.2, -0.15) is 0 Å². The highest BCUT2D eigenvalue weighted by Gasteiger charge is 2.40. The Morgan fingerprint density at radius 1 is 1.20 bits per heavy atom. The fraction of sp³-hybridized carbons (Fsp3) is 0.360. The van der Waals surface area contributed by atoms with Crippen molar-refractivity contribution >= 4 is 34.4 Å². The number of nitrogens with one attached hydrogen (secondary N) is 1. The molecule has 1 aliphatic rings. The molecule has 2 aromatic rings. The molecule has 0 aliphatic heterocycles. The SMILES string of the molecule is COCC(=O)N(Cc1ccc(F)cc1)[C@@H]1CC(C(=O)NCCO)=C[C@H](Oc2ccccc2I)[C@H]1O. The molecule has 1 aliphatic carbocycles. The lowest BCUT2D eigenvalue weighted by atomic mass is 9.88. The molecular formula is C25H28FIN2O6. The number of halogens is 2. The molecule has 0 radical (unpaired) electrons. The molecule has 3 rings (SSSR count). The van der Waals surface area contributed by atoms with Gasteiger partial charge in [0.05, 0.1) is 16.2 Å². The number of ether oxygens (including phenoxy) is 2. The monoisotopic (exact) mass is 598 g/mol. The predicted octanol–water partition coefficient (Wildman–Crippen LogP) is 2.02. The van der Waals surface area contributed by atoms with Crippen molar-refractivity contribution in [3.8, 4) is 5.75 Å². The van der Waals surface area contributed by atoms with Crippen LogP contribution in [0.15, 0.2) is 60.2 Å². The topological polar surface area (TPSA) is 108 Å². The average molecular weight is 598 g/mol. The van der Waals surface area contributed by atoms with Crippen LogP contribution >= 0.6 is 22.6 Å². The Kier molecular flexibility index (Phi) is 10.0. The van der Waals surface area contributed by atoms with Crippen molar-refractivity contribution < 1.29 is 33.7 Å². The van der Waals surface area contributed by atoms with Crippen LogP contribution in [0.1, 0.15) is 12.0 Å². The molecule has 8 nitrogen and oxygen atoms in total. The van der Waals surface area contributed by atoms with Gasteiger partial charge in [0.15, 0.2) is 0 Å². The van der Waals surface area contributed by atoms with Gasteiger partial charge >= 0.3 is 0 Å². The van der Waals surface area contributed by atoms with E-state index in [9.17, 15) is 19.1 Å². The molecule has 10 heteroatoms. The van der Waals surface area contributed by atoms with E-state index in [4.69, 9.17) is 14.6 Å². The van der Waals surface area contributed by atoms with Crippen LogP contribution in [0.4, 0.5) is 4.39 Å². The van der Waals surface area contributed by atoms with Crippen LogP contribution in [0.25, 0.3) is 0 Å². The summed E-state index contributed by atoms with van der Waals surface area (Å²) in [5.41, 5.74) is 0.970. The first-order valence-corrected chi connectivity index (χ1v) is 12.1. The highest BCUT2D eigenvalue weighted by molar-refractivity contribution is 14.1. The molecule has 0 fully saturated rings. The number of hydrogen-bond donors (Lipinski definition) is 3. The van der Waals surface area contributed by atoms with E-state index < -0.39 is 35.9 Å². The minimum absolute atomic E-state index is 0.0564. The van der Waals surface area contributed by atoms with Gasteiger partial charge in [-0.3, -0.25) is 9.59 Å². The summed E-state index contributed by atoms with van der Waals surface area (Å²) in [6, 6.07) is 12.1. The first-order chi connectivity index (χ1) is 16.8. The molecule has 35 heavy (non-hydrogen) atoms. The van der Waals surface area contributed by atoms with Crippen LogP contribution in [0.5, 0.6) is 5.75 Å². The highest BCUT2D eigenvalue weighted by atomic mass is 127. The van der Waals surface area contributed by atoms with Gasteiger partial charge < -0.3 is 29.9 Å². The minimum atomic E-state index is -1.17. The number of para-hydroxylation sites is 1. The van der Waals surface area contributed by atoms with E-state index in [-0.39, 0.29) is 32.7 Å². The fourth-order valence-electron chi connectivity index (χ4n) is 3.85. The van der Waals surface area contributed by atoms with Gasteiger partial charge in [-0.25, -0.2) is 4.39 Å². The number of aliphatic hydroxyl groups excluding tert-OH is 2. The Balaban J connectivity index is 1.96. The summed E-state index contributed by atoms with van der Waals surface area (Å²) < 4.78 is 25.4. The molecular weight excluding hydrogens is 570 g/mol.